The maximum absolute atomic E-state index is 13.3. The molecule has 0 aliphatic carbocycles. The van der Waals surface area contributed by atoms with E-state index < -0.39 is 29.6 Å². The van der Waals surface area contributed by atoms with Gasteiger partial charge in [0.2, 0.25) is 0 Å². The highest BCUT2D eigenvalue weighted by Crippen LogP contribution is 2.34. The molecule has 0 aliphatic rings. The summed E-state index contributed by atoms with van der Waals surface area (Å²) in [5.74, 6) is -2.06. The lowest BCUT2D eigenvalue weighted by atomic mass is 10.1. The SMILES string of the molecule is CCC(Oc1ccc(F)c(C(F)(F)F)c1)C(=O)NC(C)c1ccccc1. The Kier molecular flexibility index (Phi) is 6.23. The van der Waals surface area contributed by atoms with Crippen molar-refractivity contribution in [2.75, 3.05) is 0 Å². The maximum atomic E-state index is 13.3. The quantitative estimate of drug-likeness (QED) is 0.737. The number of alkyl halides is 3. The fraction of sp³-hybridized carbons (Fsp3) is 0.316. The van der Waals surface area contributed by atoms with Crippen molar-refractivity contribution in [1.29, 1.82) is 0 Å². The average molecular weight is 369 g/mol. The molecule has 1 N–H and O–H groups in total. The zero-order valence-electron chi connectivity index (χ0n) is 14.3. The molecule has 2 rings (SSSR count). The van der Waals surface area contributed by atoms with Gasteiger partial charge in [0.05, 0.1) is 11.6 Å². The fourth-order valence-corrected chi connectivity index (χ4v) is 2.41. The predicted molar refractivity (Wildman–Crippen MR) is 89.1 cm³/mol. The number of hydrogen-bond acceptors (Lipinski definition) is 2. The van der Waals surface area contributed by atoms with Crippen molar-refractivity contribution < 1.29 is 27.1 Å². The van der Waals surface area contributed by atoms with Crippen LogP contribution in [0.15, 0.2) is 48.5 Å². The number of halogens is 4. The van der Waals surface area contributed by atoms with Gasteiger partial charge in [0, 0.05) is 0 Å². The van der Waals surface area contributed by atoms with Gasteiger partial charge in [-0.05, 0) is 37.1 Å². The molecule has 0 bridgehead atoms. The largest absolute Gasteiger partial charge is 0.481 e. The summed E-state index contributed by atoms with van der Waals surface area (Å²) in [6, 6.07) is 11.2. The summed E-state index contributed by atoms with van der Waals surface area (Å²) in [5, 5.41) is 2.76. The molecule has 2 atom stereocenters. The van der Waals surface area contributed by atoms with E-state index in [9.17, 15) is 22.4 Å². The highest BCUT2D eigenvalue weighted by Gasteiger charge is 2.34. The molecule has 2 aromatic rings. The van der Waals surface area contributed by atoms with Gasteiger partial charge >= 0.3 is 6.18 Å². The second-order valence-corrected chi connectivity index (χ2v) is 5.80. The lowest BCUT2D eigenvalue weighted by molar-refractivity contribution is -0.140. The number of carbonyl (C=O) groups is 1. The molecule has 1 amide bonds. The number of carbonyl (C=O) groups excluding carboxylic acids is 1. The van der Waals surface area contributed by atoms with E-state index in [1.807, 2.05) is 30.3 Å². The molecular formula is C19H19F4NO2. The molecular weight excluding hydrogens is 350 g/mol. The van der Waals surface area contributed by atoms with Gasteiger partial charge in [0.15, 0.2) is 6.10 Å². The number of amides is 1. The second-order valence-electron chi connectivity index (χ2n) is 5.80. The number of nitrogens with one attached hydrogen (secondary N) is 1. The van der Waals surface area contributed by atoms with Crippen molar-refractivity contribution in [1.82, 2.24) is 5.32 Å². The summed E-state index contributed by atoms with van der Waals surface area (Å²) in [7, 11) is 0. The monoisotopic (exact) mass is 369 g/mol. The van der Waals surface area contributed by atoms with Crippen LogP contribution in [-0.4, -0.2) is 12.0 Å². The predicted octanol–water partition coefficient (Wildman–Crippen LogP) is 4.88. The van der Waals surface area contributed by atoms with Crippen molar-refractivity contribution in [2.24, 2.45) is 0 Å². The first kappa shape index (κ1) is 19.8. The highest BCUT2D eigenvalue weighted by molar-refractivity contribution is 5.81. The van der Waals surface area contributed by atoms with Crippen LogP contribution in [0.1, 0.15) is 37.4 Å². The zero-order chi connectivity index (χ0) is 19.3. The van der Waals surface area contributed by atoms with E-state index in [0.29, 0.717) is 12.1 Å². The molecule has 2 aromatic carbocycles. The first-order valence-corrected chi connectivity index (χ1v) is 8.11. The van der Waals surface area contributed by atoms with E-state index in [2.05, 4.69) is 5.32 Å². The highest BCUT2D eigenvalue weighted by atomic mass is 19.4. The van der Waals surface area contributed by atoms with E-state index in [1.165, 1.54) is 0 Å². The third-order valence-electron chi connectivity index (χ3n) is 3.84. The minimum atomic E-state index is -4.84. The molecule has 3 nitrogen and oxygen atoms in total. The lowest BCUT2D eigenvalue weighted by Crippen LogP contribution is -2.39. The Morgan fingerprint density at radius 3 is 2.38 bits per heavy atom. The standard InChI is InChI=1S/C19H19F4NO2/c1-3-17(18(25)24-12(2)13-7-5-4-6-8-13)26-14-9-10-16(20)15(11-14)19(21,22)23/h4-12,17H,3H2,1-2H3,(H,24,25). The van der Waals surface area contributed by atoms with Crippen molar-refractivity contribution in [3.05, 3.63) is 65.5 Å². The van der Waals surface area contributed by atoms with Crippen molar-refractivity contribution in [3.8, 4) is 5.75 Å². The molecule has 140 valence electrons. The first-order chi connectivity index (χ1) is 12.2. The summed E-state index contributed by atoms with van der Waals surface area (Å²) in [4.78, 5) is 12.4. The van der Waals surface area contributed by atoms with Crippen LogP contribution in [0.5, 0.6) is 5.75 Å². The van der Waals surface area contributed by atoms with E-state index in [4.69, 9.17) is 4.74 Å². The zero-order valence-corrected chi connectivity index (χ0v) is 14.3. The molecule has 26 heavy (non-hydrogen) atoms. The molecule has 0 radical (unpaired) electrons. The summed E-state index contributed by atoms with van der Waals surface area (Å²) < 4.78 is 57.1. The molecule has 0 aromatic heterocycles. The summed E-state index contributed by atoms with van der Waals surface area (Å²) in [6.45, 7) is 3.46. The molecule has 2 unspecified atom stereocenters. The Balaban J connectivity index is 2.10. The molecule has 7 heteroatoms. The van der Waals surface area contributed by atoms with E-state index in [0.717, 1.165) is 11.6 Å². The van der Waals surface area contributed by atoms with Crippen molar-refractivity contribution >= 4 is 5.91 Å². The van der Waals surface area contributed by atoms with Crippen molar-refractivity contribution in [3.63, 3.8) is 0 Å². The van der Waals surface area contributed by atoms with Crippen LogP contribution >= 0.6 is 0 Å². The lowest BCUT2D eigenvalue weighted by Gasteiger charge is -2.21. The van der Waals surface area contributed by atoms with Crippen LogP contribution in [-0.2, 0) is 11.0 Å². The maximum Gasteiger partial charge on any atom is 0.419 e. The Morgan fingerprint density at radius 2 is 1.81 bits per heavy atom. The van der Waals surface area contributed by atoms with Gasteiger partial charge in [0.25, 0.3) is 5.91 Å². The number of hydrogen-bond donors (Lipinski definition) is 1. The van der Waals surface area contributed by atoms with Gasteiger partial charge in [-0.2, -0.15) is 13.2 Å². The van der Waals surface area contributed by atoms with Crippen LogP contribution in [0.4, 0.5) is 17.6 Å². The van der Waals surface area contributed by atoms with Crippen LogP contribution in [0.2, 0.25) is 0 Å². The number of benzene rings is 2. The normalized spacial score (nSPS) is 13.8. The van der Waals surface area contributed by atoms with Gasteiger partial charge in [0.1, 0.15) is 11.6 Å². The number of rotatable bonds is 6. The van der Waals surface area contributed by atoms with Crippen LogP contribution in [0.25, 0.3) is 0 Å². The van der Waals surface area contributed by atoms with Crippen LogP contribution in [0.3, 0.4) is 0 Å². The van der Waals surface area contributed by atoms with Crippen LogP contribution in [0, 0.1) is 5.82 Å². The van der Waals surface area contributed by atoms with E-state index in [-0.39, 0.29) is 18.2 Å². The molecule has 0 heterocycles. The van der Waals surface area contributed by atoms with Gasteiger partial charge in [-0.15, -0.1) is 0 Å². The molecule has 0 spiro atoms. The Hall–Kier alpha value is -2.57. The minimum absolute atomic E-state index is 0.215. The molecule has 0 saturated heterocycles. The average Bonchev–Trinajstić information content (AvgIpc) is 2.60. The van der Waals surface area contributed by atoms with Crippen molar-refractivity contribution in [2.45, 2.75) is 38.6 Å². The second kappa shape index (κ2) is 8.21. The summed E-state index contributed by atoms with van der Waals surface area (Å²) in [6.07, 6.45) is -5.59. The number of ether oxygens (including phenoxy) is 1. The molecule has 0 fully saturated rings. The van der Waals surface area contributed by atoms with Gasteiger partial charge in [-0.25, -0.2) is 4.39 Å². The van der Waals surface area contributed by atoms with Gasteiger partial charge in [-0.3, -0.25) is 4.79 Å². The topological polar surface area (TPSA) is 38.3 Å². The third kappa shape index (κ3) is 4.97. The summed E-state index contributed by atoms with van der Waals surface area (Å²) in [5.41, 5.74) is -0.542. The molecule has 0 aliphatic heterocycles. The van der Waals surface area contributed by atoms with E-state index in [1.54, 1.807) is 13.8 Å². The molecule has 0 saturated carbocycles. The minimum Gasteiger partial charge on any atom is -0.481 e. The van der Waals surface area contributed by atoms with Gasteiger partial charge < -0.3 is 10.1 Å². The fourth-order valence-electron chi connectivity index (χ4n) is 2.41. The third-order valence-corrected chi connectivity index (χ3v) is 3.84. The van der Waals surface area contributed by atoms with E-state index >= 15 is 0 Å². The Labute approximate surface area is 149 Å². The first-order valence-electron chi connectivity index (χ1n) is 8.11. The smallest absolute Gasteiger partial charge is 0.419 e. The Morgan fingerprint density at radius 1 is 1.15 bits per heavy atom. The Bertz CT molecular complexity index is 747. The van der Waals surface area contributed by atoms with Gasteiger partial charge in [-0.1, -0.05) is 37.3 Å². The van der Waals surface area contributed by atoms with Crippen LogP contribution < -0.4 is 10.1 Å². The summed E-state index contributed by atoms with van der Waals surface area (Å²) >= 11 is 0.